The highest BCUT2D eigenvalue weighted by Gasteiger charge is 2.28. The molecule has 1 aromatic heterocycles. The average molecular weight is 329 g/mol. The summed E-state index contributed by atoms with van der Waals surface area (Å²) < 4.78 is 11.1. The van der Waals surface area contributed by atoms with Crippen LogP contribution in [-0.2, 0) is 23.6 Å². The molecule has 0 atom stereocenters. The number of nitrogens with one attached hydrogen (secondary N) is 1. The highest BCUT2D eigenvalue weighted by molar-refractivity contribution is 5.92. The fourth-order valence-electron chi connectivity index (χ4n) is 1.69. The molecule has 0 saturated carbocycles. The van der Waals surface area contributed by atoms with Crippen molar-refractivity contribution in [3.63, 3.8) is 0 Å². The molecule has 0 spiro atoms. The lowest BCUT2D eigenvalue weighted by Crippen LogP contribution is -2.52. The predicted molar refractivity (Wildman–Crippen MR) is 81.0 cm³/mol. The summed E-state index contributed by atoms with van der Waals surface area (Å²) in [5.74, 6) is -0.317. The van der Waals surface area contributed by atoms with E-state index >= 15 is 0 Å². The Morgan fingerprint density at radius 1 is 1.13 bits per heavy atom. The van der Waals surface area contributed by atoms with Crippen molar-refractivity contribution in [1.82, 2.24) is 14.6 Å². The van der Waals surface area contributed by atoms with E-state index in [9.17, 15) is 19.2 Å². The van der Waals surface area contributed by atoms with Crippen molar-refractivity contribution in [3.8, 4) is 0 Å². The zero-order valence-electron chi connectivity index (χ0n) is 13.3. The van der Waals surface area contributed by atoms with Crippen LogP contribution in [0.1, 0.15) is 13.8 Å². The van der Waals surface area contributed by atoms with E-state index in [1.807, 2.05) is 0 Å². The maximum atomic E-state index is 12.3. The molecule has 1 heterocycles. The summed E-state index contributed by atoms with van der Waals surface area (Å²) in [4.78, 5) is 47.7. The van der Waals surface area contributed by atoms with Gasteiger partial charge in [-0.2, -0.15) is 5.01 Å². The maximum absolute atomic E-state index is 12.3. The van der Waals surface area contributed by atoms with Crippen molar-refractivity contribution in [2.45, 2.75) is 13.8 Å². The number of aromatic nitrogens is 2. The summed E-state index contributed by atoms with van der Waals surface area (Å²) in [5.41, 5.74) is 5.82. The lowest BCUT2D eigenvalue weighted by molar-refractivity contribution is 0.138. The topological polar surface area (TPSA) is 138 Å². The summed E-state index contributed by atoms with van der Waals surface area (Å²) in [6, 6.07) is 0. The number of nitrogens with zero attached hydrogens (tertiary/aromatic N) is 3. The molecule has 0 aliphatic rings. The first-order valence-corrected chi connectivity index (χ1v) is 6.71. The molecule has 11 nitrogen and oxygen atoms in total. The summed E-state index contributed by atoms with van der Waals surface area (Å²) >= 11 is 0. The number of carbonyl (C=O) groups excluding carboxylic acids is 2. The minimum absolute atomic E-state index is 0.00811. The molecule has 0 bridgehead atoms. The van der Waals surface area contributed by atoms with Crippen molar-refractivity contribution in [3.05, 3.63) is 20.8 Å². The van der Waals surface area contributed by atoms with Crippen LogP contribution in [0.2, 0.25) is 0 Å². The van der Waals surface area contributed by atoms with E-state index in [-0.39, 0.29) is 19.0 Å². The van der Waals surface area contributed by atoms with Gasteiger partial charge in [-0.1, -0.05) is 0 Å². The highest BCUT2D eigenvalue weighted by atomic mass is 16.6. The second kappa shape index (κ2) is 7.33. The van der Waals surface area contributed by atoms with Gasteiger partial charge >= 0.3 is 17.9 Å². The fourth-order valence-corrected chi connectivity index (χ4v) is 1.69. The molecule has 2 amide bonds. The molecular weight excluding hydrogens is 310 g/mol. The SMILES string of the molecule is CCOC(=O)NN(C(=O)OCC)c1c(N)n(C)c(=O)n(C)c1=O. The molecule has 0 unspecified atom stereocenters. The first-order chi connectivity index (χ1) is 10.8. The number of anilines is 2. The number of amides is 2. The van der Waals surface area contributed by atoms with E-state index in [2.05, 4.69) is 10.2 Å². The number of ether oxygens (including phenoxy) is 2. The molecular formula is C12H19N5O6. The van der Waals surface area contributed by atoms with Crippen LogP contribution in [0.4, 0.5) is 21.1 Å². The van der Waals surface area contributed by atoms with Gasteiger partial charge in [-0.25, -0.2) is 19.8 Å². The van der Waals surface area contributed by atoms with E-state index in [1.165, 1.54) is 14.1 Å². The lowest BCUT2D eigenvalue weighted by Gasteiger charge is -2.23. The quantitative estimate of drug-likeness (QED) is 0.698. The van der Waals surface area contributed by atoms with E-state index < -0.39 is 29.1 Å². The molecule has 0 aliphatic carbocycles. The van der Waals surface area contributed by atoms with Crippen LogP contribution in [0.5, 0.6) is 0 Å². The van der Waals surface area contributed by atoms with Gasteiger partial charge in [0.25, 0.3) is 5.56 Å². The average Bonchev–Trinajstić information content (AvgIpc) is 2.50. The maximum Gasteiger partial charge on any atom is 0.433 e. The molecule has 11 heteroatoms. The monoisotopic (exact) mass is 329 g/mol. The molecule has 0 fully saturated rings. The number of hydrogen-bond donors (Lipinski definition) is 2. The van der Waals surface area contributed by atoms with Crippen molar-refractivity contribution in [2.24, 2.45) is 14.1 Å². The molecule has 0 aliphatic heterocycles. The van der Waals surface area contributed by atoms with Gasteiger partial charge in [-0.05, 0) is 13.8 Å². The molecule has 23 heavy (non-hydrogen) atoms. The van der Waals surface area contributed by atoms with Crippen LogP contribution in [0.25, 0.3) is 0 Å². The molecule has 3 N–H and O–H groups in total. The predicted octanol–water partition coefficient (Wildman–Crippen LogP) is -0.710. The van der Waals surface area contributed by atoms with E-state index in [1.54, 1.807) is 13.8 Å². The summed E-state index contributed by atoms with van der Waals surface area (Å²) in [6.07, 6.45) is -2.04. The normalized spacial score (nSPS) is 10.1. The van der Waals surface area contributed by atoms with Crippen LogP contribution in [0.3, 0.4) is 0 Å². The second-order valence-electron chi connectivity index (χ2n) is 4.31. The van der Waals surface area contributed by atoms with Gasteiger partial charge in [0.05, 0.1) is 13.2 Å². The van der Waals surface area contributed by atoms with E-state index in [0.717, 1.165) is 9.13 Å². The van der Waals surface area contributed by atoms with Gasteiger partial charge in [0.1, 0.15) is 5.82 Å². The van der Waals surface area contributed by atoms with Gasteiger partial charge in [-0.3, -0.25) is 13.9 Å². The lowest BCUT2D eigenvalue weighted by atomic mass is 10.4. The van der Waals surface area contributed by atoms with Gasteiger partial charge in [0.15, 0.2) is 5.69 Å². The number of hydrogen-bond acceptors (Lipinski definition) is 7. The minimum Gasteiger partial charge on any atom is -0.449 e. The van der Waals surface area contributed by atoms with Crippen molar-refractivity contribution < 1.29 is 19.1 Å². The molecule has 0 aromatic carbocycles. The first-order valence-electron chi connectivity index (χ1n) is 6.71. The number of nitrogens with two attached hydrogens (primary N) is 1. The Morgan fingerprint density at radius 3 is 2.22 bits per heavy atom. The molecule has 0 saturated heterocycles. The smallest absolute Gasteiger partial charge is 0.433 e. The second-order valence-corrected chi connectivity index (χ2v) is 4.31. The Morgan fingerprint density at radius 2 is 1.70 bits per heavy atom. The largest absolute Gasteiger partial charge is 0.449 e. The minimum atomic E-state index is -1.05. The third-order valence-electron chi connectivity index (χ3n) is 2.84. The van der Waals surface area contributed by atoms with E-state index in [0.29, 0.717) is 5.01 Å². The summed E-state index contributed by atoms with van der Waals surface area (Å²) in [6.45, 7) is 3.14. The third kappa shape index (κ3) is 3.62. The molecule has 1 rings (SSSR count). The highest BCUT2D eigenvalue weighted by Crippen LogP contribution is 2.15. The van der Waals surface area contributed by atoms with Crippen LogP contribution < -0.4 is 27.4 Å². The van der Waals surface area contributed by atoms with Crippen molar-refractivity contribution >= 4 is 23.7 Å². The van der Waals surface area contributed by atoms with Crippen molar-refractivity contribution in [2.75, 3.05) is 24.0 Å². The zero-order chi connectivity index (χ0) is 17.7. The van der Waals surface area contributed by atoms with Gasteiger partial charge in [0, 0.05) is 14.1 Å². The number of rotatable bonds is 3. The Labute approximate surface area is 131 Å². The molecule has 128 valence electrons. The molecule has 0 radical (unpaired) electrons. The standard InChI is InChI=1S/C12H19N5O6/c1-5-22-10(19)14-17(12(21)23-6-2)7-8(13)15(3)11(20)16(4)9(7)18/h5-6,13H2,1-4H3,(H,14,19). The Hall–Kier alpha value is -2.98. The Balaban J connectivity index is 3.49. The first kappa shape index (κ1) is 18.1. The van der Waals surface area contributed by atoms with Gasteiger partial charge < -0.3 is 15.2 Å². The summed E-state index contributed by atoms with van der Waals surface area (Å²) in [5, 5.41) is 0.512. The van der Waals surface area contributed by atoms with Crippen molar-refractivity contribution in [1.29, 1.82) is 0 Å². The van der Waals surface area contributed by atoms with Gasteiger partial charge in [-0.15, -0.1) is 0 Å². The molecule has 1 aromatic rings. The fraction of sp³-hybridized carbons (Fsp3) is 0.500. The summed E-state index contributed by atoms with van der Waals surface area (Å²) in [7, 11) is 2.52. The zero-order valence-corrected chi connectivity index (χ0v) is 13.3. The van der Waals surface area contributed by atoms with E-state index in [4.69, 9.17) is 10.5 Å². The van der Waals surface area contributed by atoms with Crippen LogP contribution in [-0.4, -0.2) is 34.5 Å². The number of nitrogen functional groups attached to an aromatic ring is 1. The van der Waals surface area contributed by atoms with Crippen LogP contribution >= 0.6 is 0 Å². The number of carbonyl (C=O) groups is 2. The van der Waals surface area contributed by atoms with Gasteiger partial charge in [0.2, 0.25) is 0 Å². The Bertz CT molecular complexity index is 722. The number of hydrazine groups is 1. The van der Waals surface area contributed by atoms with Crippen LogP contribution in [0, 0.1) is 0 Å². The third-order valence-corrected chi connectivity index (χ3v) is 2.84. The Kier molecular flexibility index (Phi) is 5.76. The van der Waals surface area contributed by atoms with Crippen LogP contribution in [0.15, 0.2) is 9.59 Å².